The summed E-state index contributed by atoms with van der Waals surface area (Å²) in [7, 11) is 5.12. The molecule has 2 atom stereocenters. The first-order valence-electron chi connectivity index (χ1n) is 9.70. The molecule has 1 heterocycles. The molecule has 1 aromatic carbocycles. The molecule has 27 heavy (non-hydrogen) atoms. The van der Waals surface area contributed by atoms with Crippen LogP contribution in [0.25, 0.3) is 0 Å². The number of benzene rings is 1. The van der Waals surface area contributed by atoms with Crippen LogP contribution in [0.15, 0.2) is 24.3 Å². The summed E-state index contributed by atoms with van der Waals surface area (Å²) in [6.07, 6.45) is 1.77. The Morgan fingerprint density at radius 1 is 1.19 bits per heavy atom. The van der Waals surface area contributed by atoms with E-state index in [0.717, 1.165) is 24.2 Å². The Morgan fingerprint density at radius 2 is 1.81 bits per heavy atom. The molecule has 0 spiro atoms. The van der Waals surface area contributed by atoms with E-state index in [-0.39, 0.29) is 23.9 Å². The molecule has 1 aliphatic heterocycles. The quantitative estimate of drug-likeness (QED) is 0.863. The van der Waals surface area contributed by atoms with Crippen molar-refractivity contribution in [2.45, 2.75) is 38.1 Å². The average Bonchev–Trinajstić information content (AvgIpc) is 3.35. The Bertz CT molecular complexity index is 695. The highest BCUT2D eigenvalue weighted by Gasteiger charge is 2.54. The van der Waals surface area contributed by atoms with E-state index in [1.807, 2.05) is 29.2 Å². The van der Waals surface area contributed by atoms with Gasteiger partial charge in [0.05, 0.1) is 18.6 Å². The molecule has 148 valence electrons. The van der Waals surface area contributed by atoms with Crippen LogP contribution in [0.2, 0.25) is 0 Å². The summed E-state index contributed by atoms with van der Waals surface area (Å²) in [6, 6.07) is 7.75. The fourth-order valence-corrected chi connectivity index (χ4v) is 4.07. The molecule has 2 unspecified atom stereocenters. The predicted molar refractivity (Wildman–Crippen MR) is 105 cm³/mol. The van der Waals surface area contributed by atoms with Gasteiger partial charge in [-0.1, -0.05) is 26.0 Å². The summed E-state index contributed by atoms with van der Waals surface area (Å²) in [5, 5.41) is 3.10. The molecule has 2 fully saturated rings. The van der Waals surface area contributed by atoms with Crippen LogP contribution in [-0.4, -0.2) is 62.1 Å². The van der Waals surface area contributed by atoms with Gasteiger partial charge in [-0.25, -0.2) is 4.79 Å². The zero-order valence-electron chi connectivity index (χ0n) is 17.0. The second-order valence-electron chi connectivity index (χ2n) is 8.38. The van der Waals surface area contributed by atoms with Crippen molar-refractivity contribution in [3.8, 4) is 5.75 Å². The van der Waals surface area contributed by atoms with Gasteiger partial charge in [-0.2, -0.15) is 0 Å². The van der Waals surface area contributed by atoms with Crippen molar-refractivity contribution >= 4 is 11.9 Å². The summed E-state index contributed by atoms with van der Waals surface area (Å²) >= 11 is 0. The number of urea groups is 1. The normalized spacial score (nSPS) is 23.3. The Morgan fingerprint density at radius 3 is 2.30 bits per heavy atom. The van der Waals surface area contributed by atoms with Crippen LogP contribution in [0.3, 0.4) is 0 Å². The van der Waals surface area contributed by atoms with E-state index >= 15 is 0 Å². The van der Waals surface area contributed by atoms with Crippen LogP contribution in [0, 0.1) is 11.8 Å². The van der Waals surface area contributed by atoms with Gasteiger partial charge < -0.3 is 19.9 Å². The molecule has 1 saturated heterocycles. The number of hydrogen-bond acceptors (Lipinski definition) is 3. The van der Waals surface area contributed by atoms with E-state index in [0.29, 0.717) is 19.0 Å². The van der Waals surface area contributed by atoms with E-state index in [2.05, 4.69) is 19.2 Å². The maximum atomic E-state index is 13.4. The van der Waals surface area contributed by atoms with Crippen LogP contribution >= 0.6 is 0 Å². The summed E-state index contributed by atoms with van der Waals surface area (Å²) < 4.78 is 5.23. The largest absolute Gasteiger partial charge is 0.497 e. The van der Waals surface area contributed by atoms with Gasteiger partial charge in [-0.15, -0.1) is 0 Å². The maximum Gasteiger partial charge on any atom is 0.317 e. The third-order valence-corrected chi connectivity index (χ3v) is 6.03. The minimum Gasteiger partial charge on any atom is -0.497 e. The number of likely N-dealkylation sites (tertiary alicyclic amines) is 1. The lowest BCUT2D eigenvalue weighted by atomic mass is 9.91. The predicted octanol–water partition coefficient (Wildman–Crippen LogP) is 2.48. The highest BCUT2D eigenvalue weighted by Crippen LogP contribution is 2.50. The second-order valence-corrected chi connectivity index (χ2v) is 8.38. The highest BCUT2D eigenvalue weighted by molar-refractivity contribution is 5.91. The van der Waals surface area contributed by atoms with E-state index in [9.17, 15) is 9.59 Å². The number of carbonyl (C=O) groups excluding carboxylic acids is 2. The van der Waals surface area contributed by atoms with E-state index in [1.54, 1.807) is 26.1 Å². The Hall–Kier alpha value is -2.24. The van der Waals surface area contributed by atoms with Crippen molar-refractivity contribution < 1.29 is 14.3 Å². The number of rotatable bonds is 5. The van der Waals surface area contributed by atoms with Crippen molar-refractivity contribution in [2.75, 3.05) is 34.3 Å². The lowest BCUT2D eigenvalue weighted by Crippen LogP contribution is -2.46. The van der Waals surface area contributed by atoms with Crippen molar-refractivity contribution in [2.24, 2.45) is 11.8 Å². The molecular formula is C21H31N3O3. The molecule has 0 bridgehead atoms. The van der Waals surface area contributed by atoms with Crippen molar-refractivity contribution in [3.63, 3.8) is 0 Å². The highest BCUT2D eigenvalue weighted by atomic mass is 16.5. The van der Waals surface area contributed by atoms with Crippen LogP contribution in [0.5, 0.6) is 5.75 Å². The van der Waals surface area contributed by atoms with Gasteiger partial charge >= 0.3 is 6.03 Å². The molecule has 6 heteroatoms. The Labute approximate surface area is 161 Å². The SMILES string of the molecule is COc1ccc(C2(C(=O)N3CC(NC(=O)N(C)C)C(C(C)C)C3)CC2)cc1. The molecule has 2 aliphatic rings. The summed E-state index contributed by atoms with van der Waals surface area (Å²) in [6.45, 7) is 5.60. The van der Waals surface area contributed by atoms with Crippen LogP contribution in [0.4, 0.5) is 4.79 Å². The first-order valence-corrected chi connectivity index (χ1v) is 9.70. The number of amides is 3. The van der Waals surface area contributed by atoms with Crippen molar-refractivity contribution in [3.05, 3.63) is 29.8 Å². The smallest absolute Gasteiger partial charge is 0.317 e. The average molecular weight is 373 g/mol. The van der Waals surface area contributed by atoms with Gasteiger partial charge in [0.2, 0.25) is 5.91 Å². The number of nitrogens with zero attached hydrogens (tertiary/aromatic N) is 2. The van der Waals surface area contributed by atoms with Gasteiger partial charge in [0, 0.05) is 33.1 Å². The van der Waals surface area contributed by atoms with Crippen LogP contribution in [-0.2, 0) is 10.2 Å². The number of carbonyl (C=O) groups is 2. The number of nitrogens with one attached hydrogen (secondary N) is 1. The van der Waals surface area contributed by atoms with Crippen molar-refractivity contribution in [1.82, 2.24) is 15.1 Å². The molecule has 6 nitrogen and oxygen atoms in total. The van der Waals surface area contributed by atoms with Crippen molar-refractivity contribution in [1.29, 1.82) is 0 Å². The minimum atomic E-state index is -0.395. The molecular weight excluding hydrogens is 342 g/mol. The van der Waals surface area contributed by atoms with E-state index in [1.165, 1.54) is 0 Å². The summed E-state index contributed by atoms with van der Waals surface area (Å²) in [5.74, 6) is 1.66. The third kappa shape index (κ3) is 3.75. The molecule has 0 aromatic heterocycles. The molecule has 3 amide bonds. The number of methoxy groups -OCH3 is 1. The zero-order valence-corrected chi connectivity index (χ0v) is 17.0. The molecule has 1 saturated carbocycles. The second kappa shape index (κ2) is 7.41. The Kier molecular flexibility index (Phi) is 5.36. The van der Waals surface area contributed by atoms with E-state index < -0.39 is 5.41 Å². The fourth-order valence-electron chi connectivity index (χ4n) is 4.07. The van der Waals surface area contributed by atoms with E-state index in [4.69, 9.17) is 4.74 Å². The first-order chi connectivity index (χ1) is 12.8. The zero-order chi connectivity index (χ0) is 19.8. The van der Waals surface area contributed by atoms with Gasteiger partial charge in [-0.3, -0.25) is 4.79 Å². The standard InChI is InChI=1S/C21H31N3O3/c1-14(2)17-12-24(13-18(17)22-20(26)23(3)4)19(25)21(10-11-21)15-6-8-16(27-5)9-7-15/h6-9,14,17-18H,10-13H2,1-5H3,(H,22,26). The fraction of sp³-hybridized carbons (Fsp3) is 0.619. The minimum absolute atomic E-state index is 0.00415. The lowest BCUT2D eigenvalue weighted by molar-refractivity contribution is -0.133. The first kappa shape index (κ1) is 19.5. The number of ether oxygens (including phenoxy) is 1. The molecule has 1 N–H and O–H groups in total. The van der Waals surface area contributed by atoms with Gasteiger partial charge in [0.25, 0.3) is 0 Å². The maximum absolute atomic E-state index is 13.4. The van der Waals surface area contributed by atoms with Gasteiger partial charge in [-0.05, 0) is 36.5 Å². The third-order valence-electron chi connectivity index (χ3n) is 6.03. The molecule has 3 rings (SSSR count). The Balaban J connectivity index is 1.75. The molecule has 1 aliphatic carbocycles. The van der Waals surface area contributed by atoms with Gasteiger partial charge in [0.1, 0.15) is 5.75 Å². The summed E-state index contributed by atoms with van der Waals surface area (Å²) in [5.41, 5.74) is 0.670. The number of hydrogen-bond donors (Lipinski definition) is 1. The van der Waals surface area contributed by atoms with Gasteiger partial charge in [0.15, 0.2) is 0 Å². The van der Waals surface area contributed by atoms with Crippen LogP contribution in [0.1, 0.15) is 32.3 Å². The summed E-state index contributed by atoms with van der Waals surface area (Å²) in [4.78, 5) is 29.0. The molecule has 0 radical (unpaired) electrons. The lowest BCUT2D eigenvalue weighted by Gasteiger charge is -2.24. The topological polar surface area (TPSA) is 61.9 Å². The monoisotopic (exact) mass is 373 g/mol. The van der Waals surface area contributed by atoms with Crippen LogP contribution < -0.4 is 10.1 Å². The molecule has 1 aromatic rings.